The van der Waals surface area contributed by atoms with Crippen LogP contribution < -0.4 is 0 Å². The number of carboxylic acids is 1. The second-order valence-electron chi connectivity index (χ2n) is 5.46. The summed E-state index contributed by atoms with van der Waals surface area (Å²) in [4.78, 5) is 26.3. The van der Waals surface area contributed by atoms with Gasteiger partial charge in [-0.3, -0.25) is 0 Å². The van der Waals surface area contributed by atoms with Crippen molar-refractivity contribution in [2.24, 2.45) is 5.92 Å². The molecule has 0 spiro atoms. The summed E-state index contributed by atoms with van der Waals surface area (Å²) in [6.45, 7) is 1.30. The van der Waals surface area contributed by atoms with E-state index in [1.54, 1.807) is 41.1 Å². The number of carbonyl (C=O) groups excluding carboxylic acids is 1. The highest BCUT2D eigenvalue weighted by molar-refractivity contribution is 5.87. The first kappa shape index (κ1) is 14.4. The van der Waals surface area contributed by atoms with Gasteiger partial charge in [0.1, 0.15) is 0 Å². The van der Waals surface area contributed by atoms with Gasteiger partial charge in [0.25, 0.3) is 0 Å². The molecule has 1 aromatic rings. The molecule has 0 unspecified atom stereocenters. The van der Waals surface area contributed by atoms with Crippen LogP contribution in [0, 0.1) is 5.92 Å². The Hall–Kier alpha value is -2.04. The van der Waals surface area contributed by atoms with Crippen LogP contribution in [-0.4, -0.2) is 47.5 Å². The predicted molar refractivity (Wildman–Crippen MR) is 75.6 cm³/mol. The number of hydrogen-bond acceptors (Lipinski definition) is 2. The molecule has 5 heteroatoms. The molecule has 2 rings (SSSR count). The number of benzene rings is 1. The average molecular weight is 276 g/mol. The van der Waals surface area contributed by atoms with E-state index in [1.165, 1.54) is 12.8 Å². The Bertz CT molecular complexity index is 494. The maximum absolute atomic E-state index is 12.1. The van der Waals surface area contributed by atoms with Crippen LogP contribution in [0.1, 0.15) is 28.8 Å². The number of amides is 2. The van der Waals surface area contributed by atoms with E-state index in [0.717, 1.165) is 12.1 Å². The molecule has 1 aromatic carbocycles. The van der Waals surface area contributed by atoms with Crippen LogP contribution in [-0.2, 0) is 6.54 Å². The van der Waals surface area contributed by atoms with E-state index in [0.29, 0.717) is 12.5 Å². The van der Waals surface area contributed by atoms with E-state index in [1.807, 2.05) is 7.05 Å². The zero-order chi connectivity index (χ0) is 14.7. The highest BCUT2D eigenvalue weighted by atomic mass is 16.4. The molecule has 0 bridgehead atoms. The fourth-order valence-corrected chi connectivity index (χ4v) is 2.15. The zero-order valence-corrected chi connectivity index (χ0v) is 11.9. The molecule has 1 saturated carbocycles. The molecule has 0 aromatic heterocycles. The minimum atomic E-state index is -0.940. The zero-order valence-electron chi connectivity index (χ0n) is 11.9. The number of carbonyl (C=O) groups is 2. The Morgan fingerprint density at radius 2 is 1.75 bits per heavy atom. The summed E-state index contributed by atoms with van der Waals surface area (Å²) in [5.41, 5.74) is 1.18. The lowest BCUT2D eigenvalue weighted by Crippen LogP contribution is -2.39. The van der Waals surface area contributed by atoms with Gasteiger partial charge in [-0.25, -0.2) is 9.59 Å². The molecule has 1 N–H and O–H groups in total. The van der Waals surface area contributed by atoms with E-state index < -0.39 is 5.97 Å². The van der Waals surface area contributed by atoms with E-state index in [9.17, 15) is 9.59 Å². The van der Waals surface area contributed by atoms with Crippen molar-refractivity contribution in [1.29, 1.82) is 0 Å². The topological polar surface area (TPSA) is 60.9 Å². The number of urea groups is 1. The van der Waals surface area contributed by atoms with E-state index >= 15 is 0 Å². The van der Waals surface area contributed by atoms with Crippen LogP contribution in [0.2, 0.25) is 0 Å². The van der Waals surface area contributed by atoms with Gasteiger partial charge in [-0.05, 0) is 36.5 Å². The summed E-state index contributed by atoms with van der Waals surface area (Å²) >= 11 is 0. The molecule has 0 atom stereocenters. The maximum Gasteiger partial charge on any atom is 0.335 e. The van der Waals surface area contributed by atoms with E-state index in [-0.39, 0.29) is 11.6 Å². The maximum atomic E-state index is 12.1. The van der Waals surface area contributed by atoms with Crippen molar-refractivity contribution in [1.82, 2.24) is 9.80 Å². The van der Waals surface area contributed by atoms with E-state index in [2.05, 4.69) is 0 Å². The summed E-state index contributed by atoms with van der Waals surface area (Å²) in [6, 6.07) is 6.61. The lowest BCUT2D eigenvalue weighted by Gasteiger charge is -2.25. The predicted octanol–water partition coefficient (Wildman–Crippen LogP) is 2.28. The SMILES string of the molecule is CN(Cc1ccc(C(=O)O)cc1)C(=O)N(C)CC1CC1. The molecular formula is C15H20N2O3. The standard InChI is InChI=1S/C15H20N2O3/c1-16(9-11-3-4-11)15(20)17(2)10-12-5-7-13(8-6-12)14(18)19/h5-8,11H,3-4,9-10H2,1-2H3,(H,18,19). The highest BCUT2D eigenvalue weighted by Crippen LogP contribution is 2.29. The van der Waals surface area contributed by atoms with Crippen LogP contribution in [0.25, 0.3) is 0 Å². The molecule has 5 nitrogen and oxygen atoms in total. The number of carboxylic acid groups (broad SMARTS) is 1. The van der Waals surface area contributed by atoms with Crippen molar-refractivity contribution >= 4 is 12.0 Å². The fraction of sp³-hybridized carbons (Fsp3) is 0.467. The Balaban J connectivity index is 1.90. The minimum Gasteiger partial charge on any atom is -0.478 e. The molecule has 1 aliphatic rings. The van der Waals surface area contributed by atoms with Gasteiger partial charge >= 0.3 is 12.0 Å². The molecule has 1 aliphatic carbocycles. The van der Waals surface area contributed by atoms with Crippen molar-refractivity contribution < 1.29 is 14.7 Å². The van der Waals surface area contributed by atoms with Crippen molar-refractivity contribution in [2.75, 3.05) is 20.6 Å². The Morgan fingerprint density at radius 1 is 1.15 bits per heavy atom. The molecule has 0 radical (unpaired) electrons. The number of nitrogens with zero attached hydrogens (tertiary/aromatic N) is 2. The number of rotatable bonds is 5. The second-order valence-corrected chi connectivity index (χ2v) is 5.46. The third-order valence-corrected chi connectivity index (χ3v) is 3.50. The first-order valence-electron chi connectivity index (χ1n) is 6.76. The number of aromatic carboxylic acids is 1. The van der Waals surface area contributed by atoms with Crippen LogP contribution in [0.4, 0.5) is 4.79 Å². The first-order chi connectivity index (χ1) is 9.47. The van der Waals surface area contributed by atoms with Gasteiger partial charge in [-0.15, -0.1) is 0 Å². The molecule has 108 valence electrons. The van der Waals surface area contributed by atoms with Gasteiger partial charge < -0.3 is 14.9 Å². The lowest BCUT2D eigenvalue weighted by molar-refractivity contribution is 0.0697. The number of hydrogen-bond donors (Lipinski definition) is 1. The summed E-state index contributed by atoms with van der Waals surface area (Å²) < 4.78 is 0. The molecular weight excluding hydrogens is 256 g/mol. The van der Waals surface area contributed by atoms with Gasteiger partial charge in [0.2, 0.25) is 0 Å². The van der Waals surface area contributed by atoms with E-state index in [4.69, 9.17) is 5.11 Å². The van der Waals surface area contributed by atoms with Gasteiger partial charge in [0.05, 0.1) is 5.56 Å². The summed E-state index contributed by atoms with van der Waals surface area (Å²) in [7, 11) is 3.58. The van der Waals surface area contributed by atoms with Crippen LogP contribution in [0.5, 0.6) is 0 Å². The molecule has 0 aliphatic heterocycles. The quantitative estimate of drug-likeness (QED) is 0.897. The normalized spacial score (nSPS) is 13.9. The van der Waals surface area contributed by atoms with Gasteiger partial charge in [0.15, 0.2) is 0 Å². The van der Waals surface area contributed by atoms with Crippen molar-refractivity contribution in [2.45, 2.75) is 19.4 Å². The Labute approximate surface area is 118 Å². The lowest BCUT2D eigenvalue weighted by atomic mass is 10.1. The molecule has 20 heavy (non-hydrogen) atoms. The second kappa shape index (κ2) is 5.94. The summed E-state index contributed by atoms with van der Waals surface area (Å²) in [5, 5.41) is 8.84. The van der Waals surface area contributed by atoms with Crippen molar-refractivity contribution in [3.63, 3.8) is 0 Å². The third-order valence-electron chi connectivity index (χ3n) is 3.50. The van der Waals surface area contributed by atoms with Crippen LogP contribution in [0.15, 0.2) is 24.3 Å². The molecule has 1 fully saturated rings. The largest absolute Gasteiger partial charge is 0.478 e. The van der Waals surface area contributed by atoms with Crippen LogP contribution in [0.3, 0.4) is 0 Å². The van der Waals surface area contributed by atoms with Crippen LogP contribution >= 0.6 is 0 Å². The smallest absolute Gasteiger partial charge is 0.335 e. The monoisotopic (exact) mass is 276 g/mol. The Kier molecular flexibility index (Phi) is 4.27. The van der Waals surface area contributed by atoms with Gasteiger partial charge in [0, 0.05) is 27.2 Å². The third kappa shape index (κ3) is 3.73. The van der Waals surface area contributed by atoms with Gasteiger partial charge in [-0.2, -0.15) is 0 Å². The average Bonchev–Trinajstić information content (AvgIpc) is 3.22. The summed E-state index contributed by atoms with van der Waals surface area (Å²) in [5.74, 6) is -0.266. The summed E-state index contributed by atoms with van der Waals surface area (Å²) in [6.07, 6.45) is 2.44. The highest BCUT2D eigenvalue weighted by Gasteiger charge is 2.25. The van der Waals surface area contributed by atoms with Crippen molar-refractivity contribution in [3.8, 4) is 0 Å². The fourth-order valence-electron chi connectivity index (χ4n) is 2.15. The molecule has 0 saturated heterocycles. The Morgan fingerprint density at radius 3 is 2.25 bits per heavy atom. The minimum absolute atomic E-state index is 0.000730. The molecule has 0 heterocycles. The first-order valence-corrected chi connectivity index (χ1v) is 6.76. The van der Waals surface area contributed by atoms with Gasteiger partial charge in [-0.1, -0.05) is 12.1 Å². The van der Waals surface area contributed by atoms with Crippen molar-refractivity contribution in [3.05, 3.63) is 35.4 Å². The molecule has 2 amide bonds.